The van der Waals surface area contributed by atoms with Crippen molar-refractivity contribution in [1.29, 1.82) is 0 Å². The molecule has 1 aliphatic rings. The Morgan fingerprint density at radius 3 is 2.50 bits per heavy atom. The van der Waals surface area contributed by atoms with Crippen molar-refractivity contribution in [2.24, 2.45) is 11.7 Å². The first-order valence-electron chi connectivity index (χ1n) is 9.06. The molecular formula is C21H27N3O2. The normalized spacial score (nSPS) is 21.3. The number of likely N-dealkylation sites (tertiary alicyclic amines) is 1. The van der Waals surface area contributed by atoms with Gasteiger partial charge >= 0.3 is 0 Å². The molecule has 0 spiro atoms. The molecule has 1 heterocycles. The van der Waals surface area contributed by atoms with E-state index >= 15 is 0 Å². The van der Waals surface area contributed by atoms with Gasteiger partial charge in [-0.25, -0.2) is 0 Å². The number of amides is 1. The predicted molar refractivity (Wildman–Crippen MR) is 104 cm³/mol. The maximum Gasteiger partial charge on any atom is 0.241 e. The Morgan fingerprint density at radius 2 is 1.88 bits per heavy atom. The lowest BCUT2D eigenvalue weighted by Gasteiger charge is -2.23. The van der Waals surface area contributed by atoms with Crippen molar-refractivity contribution < 1.29 is 9.53 Å². The van der Waals surface area contributed by atoms with Crippen LogP contribution >= 0.6 is 0 Å². The Morgan fingerprint density at radius 1 is 1.19 bits per heavy atom. The maximum absolute atomic E-state index is 12.7. The van der Waals surface area contributed by atoms with E-state index in [1.165, 1.54) is 5.56 Å². The molecule has 5 nitrogen and oxygen atoms in total. The average molecular weight is 353 g/mol. The van der Waals surface area contributed by atoms with Gasteiger partial charge in [-0.2, -0.15) is 0 Å². The van der Waals surface area contributed by atoms with Crippen molar-refractivity contribution >= 4 is 11.6 Å². The lowest BCUT2D eigenvalue weighted by molar-refractivity contribution is -0.120. The third kappa shape index (κ3) is 4.06. The molecule has 2 aromatic carbocycles. The fourth-order valence-electron chi connectivity index (χ4n) is 3.62. The summed E-state index contributed by atoms with van der Waals surface area (Å²) >= 11 is 0. The van der Waals surface area contributed by atoms with Gasteiger partial charge in [0.05, 0.1) is 13.2 Å². The van der Waals surface area contributed by atoms with Gasteiger partial charge in [-0.3, -0.25) is 9.69 Å². The summed E-state index contributed by atoms with van der Waals surface area (Å²) < 4.78 is 5.15. The van der Waals surface area contributed by atoms with Gasteiger partial charge in [0.25, 0.3) is 0 Å². The number of rotatable bonds is 6. The lowest BCUT2D eigenvalue weighted by atomic mass is 9.89. The van der Waals surface area contributed by atoms with Gasteiger partial charge in [-0.1, -0.05) is 30.3 Å². The van der Waals surface area contributed by atoms with E-state index in [9.17, 15) is 4.79 Å². The largest absolute Gasteiger partial charge is 0.497 e. The van der Waals surface area contributed by atoms with E-state index in [-0.39, 0.29) is 11.9 Å². The smallest absolute Gasteiger partial charge is 0.241 e. The van der Waals surface area contributed by atoms with Gasteiger partial charge in [0.1, 0.15) is 5.75 Å². The van der Waals surface area contributed by atoms with Gasteiger partial charge in [0.15, 0.2) is 0 Å². The van der Waals surface area contributed by atoms with Gasteiger partial charge in [0, 0.05) is 24.7 Å². The molecule has 5 heteroatoms. The van der Waals surface area contributed by atoms with Crippen LogP contribution in [0.5, 0.6) is 5.75 Å². The van der Waals surface area contributed by atoms with Crippen LogP contribution in [0.25, 0.3) is 0 Å². The average Bonchev–Trinajstić information content (AvgIpc) is 3.13. The van der Waals surface area contributed by atoms with Crippen LogP contribution in [-0.2, 0) is 4.79 Å². The third-order valence-electron chi connectivity index (χ3n) is 5.28. The number of ether oxygens (including phenoxy) is 1. The monoisotopic (exact) mass is 353 g/mol. The third-order valence-corrected chi connectivity index (χ3v) is 5.28. The molecule has 138 valence electrons. The number of nitrogens with one attached hydrogen (secondary N) is 1. The van der Waals surface area contributed by atoms with E-state index in [2.05, 4.69) is 34.5 Å². The van der Waals surface area contributed by atoms with E-state index < -0.39 is 0 Å². The highest BCUT2D eigenvalue weighted by Crippen LogP contribution is 2.33. The number of benzene rings is 2. The van der Waals surface area contributed by atoms with Crippen molar-refractivity contribution in [3.8, 4) is 5.75 Å². The summed E-state index contributed by atoms with van der Waals surface area (Å²) in [5.41, 5.74) is 8.09. The summed E-state index contributed by atoms with van der Waals surface area (Å²) in [5.74, 6) is 1.51. The van der Waals surface area contributed by atoms with E-state index in [0.29, 0.717) is 18.4 Å². The molecule has 0 aliphatic carbocycles. The van der Waals surface area contributed by atoms with E-state index in [1.807, 2.05) is 37.3 Å². The molecule has 2 aromatic rings. The van der Waals surface area contributed by atoms with Crippen LogP contribution in [0.4, 0.5) is 5.69 Å². The van der Waals surface area contributed by atoms with Gasteiger partial charge in [-0.15, -0.1) is 0 Å². The minimum Gasteiger partial charge on any atom is -0.497 e. The molecule has 3 N–H and O–H groups in total. The van der Waals surface area contributed by atoms with E-state index in [0.717, 1.165) is 24.5 Å². The topological polar surface area (TPSA) is 67.6 Å². The molecule has 0 saturated carbocycles. The molecule has 1 saturated heterocycles. The SMILES string of the molecule is COc1ccc(NC(=O)C(C)N2C[C@@H](CN)[C@H](c3ccccc3)C2)cc1. The Balaban J connectivity index is 1.65. The van der Waals surface area contributed by atoms with E-state index in [4.69, 9.17) is 10.5 Å². The summed E-state index contributed by atoms with van der Waals surface area (Å²) in [6, 6.07) is 17.6. The molecule has 0 radical (unpaired) electrons. The Hall–Kier alpha value is -2.37. The first-order chi connectivity index (χ1) is 12.6. The second-order valence-corrected chi connectivity index (χ2v) is 6.86. The number of methoxy groups -OCH3 is 1. The van der Waals surface area contributed by atoms with Crippen LogP contribution in [-0.4, -0.2) is 43.6 Å². The van der Waals surface area contributed by atoms with Crippen LogP contribution in [0.1, 0.15) is 18.4 Å². The summed E-state index contributed by atoms with van der Waals surface area (Å²) in [6.07, 6.45) is 0. The molecule has 3 atom stereocenters. The summed E-state index contributed by atoms with van der Waals surface area (Å²) in [5, 5.41) is 2.99. The van der Waals surface area contributed by atoms with Crippen molar-refractivity contribution in [2.75, 3.05) is 32.1 Å². The molecule has 1 amide bonds. The maximum atomic E-state index is 12.7. The summed E-state index contributed by atoms with van der Waals surface area (Å²) in [6.45, 7) is 4.28. The van der Waals surface area contributed by atoms with Crippen molar-refractivity contribution in [2.45, 2.75) is 18.9 Å². The van der Waals surface area contributed by atoms with Crippen LogP contribution in [0.3, 0.4) is 0 Å². The number of nitrogens with zero attached hydrogens (tertiary/aromatic N) is 1. The molecule has 1 unspecified atom stereocenters. The molecule has 26 heavy (non-hydrogen) atoms. The number of hydrogen-bond donors (Lipinski definition) is 2. The Kier molecular flexibility index (Phi) is 5.91. The highest BCUT2D eigenvalue weighted by Gasteiger charge is 2.36. The fraction of sp³-hybridized carbons (Fsp3) is 0.381. The zero-order chi connectivity index (χ0) is 18.5. The van der Waals surface area contributed by atoms with Crippen molar-refractivity contribution in [3.63, 3.8) is 0 Å². The van der Waals surface area contributed by atoms with Crippen LogP contribution < -0.4 is 15.8 Å². The molecule has 0 bridgehead atoms. The zero-order valence-electron chi connectivity index (χ0n) is 15.4. The number of nitrogens with two attached hydrogens (primary N) is 1. The number of anilines is 1. The fourth-order valence-corrected chi connectivity index (χ4v) is 3.62. The first kappa shape index (κ1) is 18.4. The van der Waals surface area contributed by atoms with E-state index in [1.54, 1.807) is 7.11 Å². The molecular weight excluding hydrogens is 326 g/mol. The van der Waals surface area contributed by atoms with Crippen LogP contribution in [0.15, 0.2) is 54.6 Å². The predicted octanol–water partition coefficient (Wildman–Crippen LogP) is 2.70. The molecule has 0 aromatic heterocycles. The minimum atomic E-state index is -0.208. The standard InChI is InChI=1S/C21H27N3O2/c1-15(21(25)23-18-8-10-19(26-2)11-9-18)24-13-17(12-22)20(14-24)16-6-4-3-5-7-16/h3-11,15,17,20H,12-14,22H2,1-2H3,(H,23,25)/t15?,17-,20+/m1/s1. The molecule has 3 rings (SSSR count). The quantitative estimate of drug-likeness (QED) is 0.838. The Bertz CT molecular complexity index is 718. The first-order valence-corrected chi connectivity index (χ1v) is 9.06. The summed E-state index contributed by atoms with van der Waals surface area (Å²) in [4.78, 5) is 14.9. The van der Waals surface area contributed by atoms with Crippen molar-refractivity contribution in [1.82, 2.24) is 4.90 Å². The minimum absolute atomic E-state index is 0.000324. The molecule has 1 aliphatic heterocycles. The zero-order valence-corrected chi connectivity index (χ0v) is 15.4. The highest BCUT2D eigenvalue weighted by molar-refractivity contribution is 5.94. The summed E-state index contributed by atoms with van der Waals surface area (Å²) in [7, 11) is 1.63. The van der Waals surface area contributed by atoms with Crippen molar-refractivity contribution in [3.05, 3.63) is 60.2 Å². The van der Waals surface area contributed by atoms with Gasteiger partial charge in [-0.05, 0) is 49.2 Å². The second-order valence-electron chi connectivity index (χ2n) is 6.86. The number of hydrogen-bond acceptors (Lipinski definition) is 4. The highest BCUT2D eigenvalue weighted by atomic mass is 16.5. The lowest BCUT2D eigenvalue weighted by Crippen LogP contribution is -2.41. The second kappa shape index (κ2) is 8.34. The van der Waals surface area contributed by atoms with Gasteiger partial charge in [0.2, 0.25) is 5.91 Å². The van der Waals surface area contributed by atoms with Gasteiger partial charge < -0.3 is 15.8 Å². The number of carbonyl (C=O) groups excluding carboxylic acids is 1. The van der Waals surface area contributed by atoms with Crippen LogP contribution in [0.2, 0.25) is 0 Å². The van der Waals surface area contributed by atoms with Crippen LogP contribution in [0, 0.1) is 5.92 Å². The molecule has 1 fully saturated rings. The number of carbonyl (C=O) groups is 1. The Labute approximate surface area is 155 Å².